The third-order valence-electron chi connectivity index (χ3n) is 2.02. The molecular weight excluding hydrogens is 176 g/mol. The van der Waals surface area contributed by atoms with Gasteiger partial charge in [0.05, 0.1) is 5.57 Å². The van der Waals surface area contributed by atoms with Gasteiger partial charge in [0.25, 0.3) is 0 Å². The third-order valence-corrected chi connectivity index (χ3v) is 2.02. The van der Waals surface area contributed by atoms with Gasteiger partial charge in [0.2, 0.25) is 0 Å². The van der Waals surface area contributed by atoms with Crippen LogP contribution < -0.4 is 0 Å². The van der Waals surface area contributed by atoms with Crippen molar-refractivity contribution in [1.82, 2.24) is 0 Å². The van der Waals surface area contributed by atoms with E-state index in [0.717, 1.165) is 12.0 Å². The maximum atomic E-state index is 11.2. The lowest BCUT2D eigenvalue weighted by Gasteiger charge is -1.99. The van der Waals surface area contributed by atoms with Crippen molar-refractivity contribution >= 4 is 5.78 Å². The Morgan fingerprint density at radius 3 is 2.43 bits per heavy atom. The molecule has 0 spiro atoms. The minimum absolute atomic E-state index is 0.00519. The number of aliphatic hydroxyl groups excluding tert-OH is 1. The number of carbonyl (C=O) groups is 1. The molecule has 0 amide bonds. The van der Waals surface area contributed by atoms with Crippen molar-refractivity contribution in [2.75, 3.05) is 0 Å². The molecule has 14 heavy (non-hydrogen) atoms. The molecule has 2 nitrogen and oxygen atoms in total. The predicted octanol–water partition coefficient (Wildman–Crippen LogP) is 3.32. The summed E-state index contributed by atoms with van der Waals surface area (Å²) < 4.78 is 0. The van der Waals surface area contributed by atoms with Crippen molar-refractivity contribution in [2.24, 2.45) is 0 Å². The maximum Gasteiger partial charge on any atom is 0.167 e. The van der Waals surface area contributed by atoms with Gasteiger partial charge >= 0.3 is 0 Å². The molecule has 1 fully saturated rings. The van der Waals surface area contributed by atoms with E-state index in [2.05, 4.69) is 6.58 Å². The molecule has 0 aromatic rings. The lowest BCUT2D eigenvalue weighted by atomic mass is 10.1. The van der Waals surface area contributed by atoms with Gasteiger partial charge in [0.15, 0.2) is 5.78 Å². The van der Waals surface area contributed by atoms with Crippen molar-refractivity contribution < 1.29 is 9.90 Å². The van der Waals surface area contributed by atoms with Gasteiger partial charge in [-0.3, -0.25) is 4.79 Å². The van der Waals surface area contributed by atoms with Gasteiger partial charge in [0, 0.05) is 6.42 Å². The van der Waals surface area contributed by atoms with E-state index in [4.69, 9.17) is 0 Å². The summed E-state index contributed by atoms with van der Waals surface area (Å²) in [6, 6.07) is 0. The van der Waals surface area contributed by atoms with E-state index in [1.165, 1.54) is 6.08 Å². The third kappa shape index (κ3) is 2.59. The van der Waals surface area contributed by atoms with Crippen molar-refractivity contribution in [3.8, 4) is 0 Å². The first-order chi connectivity index (χ1) is 6.70. The summed E-state index contributed by atoms with van der Waals surface area (Å²) in [5, 5.41) is 9.33. The van der Waals surface area contributed by atoms with E-state index in [9.17, 15) is 9.90 Å². The molecule has 1 aliphatic carbocycles. The van der Waals surface area contributed by atoms with E-state index < -0.39 is 0 Å². The highest BCUT2D eigenvalue weighted by atomic mass is 16.3. The van der Waals surface area contributed by atoms with E-state index in [1.54, 1.807) is 0 Å². The van der Waals surface area contributed by atoms with Gasteiger partial charge in [0.1, 0.15) is 5.76 Å². The SMILES string of the molecule is C=C/C(O)=C1/C(=O)CC/C1=C/C.CC. The molecule has 0 saturated heterocycles. The number of hydrogen-bond donors (Lipinski definition) is 1. The van der Waals surface area contributed by atoms with Crippen LogP contribution in [0.4, 0.5) is 0 Å². The van der Waals surface area contributed by atoms with Crippen LogP contribution in [-0.4, -0.2) is 10.9 Å². The second kappa shape index (κ2) is 6.19. The Morgan fingerprint density at radius 2 is 2.00 bits per heavy atom. The number of carbonyl (C=O) groups excluding carboxylic acids is 1. The van der Waals surface area contributed by atoms with Crippen LogP contribution >= 0.6 is 0 Å². The number of allylic oxidation sites excluding steroid dienone is 4. The van der Waals surface area contributed by atoms with Crippen LogP contribution in [0.2, 0.25) is 0 Å². The standard InChI is InChI=1S/C10H12O2.C2H6/c1-3-7-5-6-9(12)10(7)8(11)4-2;1-2/h3-4,11H,2,5-6H2,1H3;1-2H3/b7-3-,10-8-;. The Balaban J connectivity index is 0.000000791. The van der Waals surface area contributed by atoms with Crippen molar-refractivity contribution in [3.63, 3.8) is 0 Å². The monoisotopic (exact) mass is 194 g/mol. The smallest absolute Gasteiger partial charge is 0.167 e. The number of aliphatic hydroxyl groups is 1. The largest absolute Gasteiger partial charge is 0.507 e. The van der Waals surface area contributed by atoms with Crippen LogP contribution in [0.1, 0.15) is 33.6 Å². The molecule has 2 heteroatoms. The quantitative estimate of drug-likeness (QED) is 0.513. The zero-order chi connectivity index (χ0) is 11.1. The second-order valence-electron chi connectivity index (χ2n) is 2.70. The summed E-state index contributed by atoms with van der Waals surface area (Å²) in [6.45, 7) is 9.29. The van der Waals surface area contributed by atoms with Gasteiger partial charge in [-0.25, -0.2) is 0 Å². The normalized spacial score (nSPS) is 21.6. The molecule has 1 saturated carbocycles. The van der Waals surface area contributed by atoms with Crippen molar-refractivity contribution in [3.05, 3.63) is 35.6 Å². The molecule has 0 aromatic heterocycles. The van der Waals surface area contributed by atoms with Crippen molar-refractivity contribution in [1.29, 1.82) is 0 Å². The van der Waals surface area contributed by atoms with Crippen LogP contribution in [0.5, 0.6) is 0 Å². The Kier molecular flexibility index (Phi) is 5.61. The Morgan fingerprint density at radius 1 is 1.43 bits per heavy atom. The highest BCUT2D eigenvalue weighted by Gasteiger charge is 2.24. The Hall–Kier alpha value is -1.31. The number of ketones is 1. The fraction of sp³-hybridized carbons (Fsp3) is 0.417. The fourth-order valence-electron chi connectivity index (χ4n) is 1.38. The van der Waals surface area contributed by atoms with E-state index in [1.807, 2.05) is 26.8 Å². The number of Topliss-reactive ketones (excluding diaryl/α,β-unsaturated/α-hetero) is 1. The molecule has 0 aromatic carbocycles. The molecule has 0 radical (unpaired) electrons. The fourth-order valence-corrected chi connectivity index (χ4v) is 1.38. The van der Waals surface area contributed by atoms with Gasteiger partial charge in [-0.05, 0) is 25.0 Å². The molecule has 1 rings (SSSR count). The first-order valence-corrected chi connectivity index (χ1v) is 4.95. The second-order valence-corrected chi connectivity index (χ2v) is 2.70. The summed E-state index contributed by atoms with van der Waals surface area (Å²) in [4.78, 5) is 11.2. The Bertz CT molecular complexity index is 283. The molecule has 1 N–H and O–H groups in total. The first-order valence-electron chi connectivity index (χ1n) is 4.95. The Labute approximate surface area is 85.6 Å². The van der Waals surface area contributed by atoms with Crippen LogP contribution in [0.3, 0.4) is 0 Å². The highest BCUT2D eigenvalue weighted by molar-refractivity contribution is 6.03. The molecule has 0 unspecified atom stereocenters. The zero-order valence-corrected chi connectivity index (χ0v) is 9.13. The molecule has 0 aliphatic heterocycles. The average Bonchev–Trinajstić information content (AvgIpc) is 2.61. The summed E-state index contributed by atoms with van der Waals surface area (Å²) in [6.07, 6.45) is 4.41. The van der Waals surface area contributed by atoms with Gasteiger partial charge < -0.3 is 5.11 Å². The lowest BCUT2D eigenvalue weighted by Crippen LogP contribution is -1.96. The van der Waals surface area contributed by atoms with Crippen molar-refractivity contribution in [2.45, 2.75) is 33.6 Å². The lowest BCUT2D eigenvalue weighted by molar-refractivity contribution is -0.114. The van der Waals surface area contributed by atoms with E-state index in [-0.39, 0.29) is 11.5 Å². The van der Waals surface area contributed by atoms with Gasteiger partial charge in [-0.2, -0.15) is 0 Å². The zero-order valence-electron chi connectivity index (χ0n) is 9.13. The first kappa shape index (κ1) is 12.7. The minimum atomic E-state index is 0.00519. The molecule has 0 atom stereocenters. The van der Waals surface area contributed by atoms with Crippen LogP contribution in [0, 0.1) is 0 Å². The van der Waals surface area contributed by atoms with Crippen LogP contribution in [0.25, 0.3) is 0 Å². The van der Waals surface area contributed by atoms with Gasteiger partial charge in [-0.15, -0.1) is 0 Å². The topological polar surface area (TPSA) is 37.3 Å². The summed E-state index contributed by atoms with van der Waals surface area (Å²) in [5.74, 6) is 0.0195. The molecule has 0 bridgehead atoms. The number of hydrogen-bond acceptors (Lipinski definition) is 2. The van der Waals surface area contributed by atoms with Crippen LogP contribution in [0.15, 0.2) is 35.6 Å². The predicted molar refractivity (Wildman–Crippen MR) is 59.2 cm³/mol. The average molecular weight is 194 g/mol. The molecule has 0 heterocycles. The maximum absolute atomic E-state index is 11.2. The highest BCUT2D eigenvalue weighted by Crippen LogP contribution is 2.29. The summed E-state index contributed by atoms with van der Waals surface area (Å²) in [5.41, 5.74) is 1.38. The molecular formula is C12H18O2. The molecule has 1 aliphatic rings. The number of rotatable bonds is 1. The minimum Gasteiger partial charge on any atom is -0.507 e. The summed E-state index contributed by atoms with van der Waals surface area (Å²) >= 11 is 0. The van der Waals surface area contributed by atoms with Gasteiger partial charge in [-0.1, -0.05) is 26.5 Å². The molecule has 78 valence electrons. The van der Waals surface area contributed by atoms with E-state index in [0.29, 0.717) is 12.0 Å². The summed E-state index contributed by atoms with van der Waals surface area (Å²) in [7, 11) is 0. The van der Waals surface area contributed by atoms with Crippen LogP contribution in [-0.2, 0) is 4.79 Å². The van der Waals surface area contributed by atoms with E-state index >= 15 is 0 Å².